The zero-order valence-corrected chi connectivity index (χ0v) is 9.46. The molecule has 0 saturated heterocycles. The second-order valence-electron chi connectivity index (χ2n) is 4.10. The van der Waals surface area contributed by atoms with Gasteiger partial charge < -0.3 is 5.32 Å². The van der Waals surface area contributed by atoms with Crippen LogP contribution in [0.5, 0.6) is 0 Å². The lowest BCUT2D eigenvalue weighted by Gasteiger charge is -2.22. The highest BCUT2D eigenvalue weighted by atomic mass is 32.1. The van der Waals surface area contributed by atoms with Crippen LogP contribution < -0.4 is 5.32 Å². The maximum Gasteiger partial charge on any atom is 0.250 e. The van der Waals surface area contributed by atoms with Crippen LogP contribution in [-0.2, 0) is 4.79 Å². The van der Waals surface area contributed by atoms with Crippen LogP contribution in [0.4, 0.5) is 4.39 Å². The first kappa shape index (κ1) is 11.6. The van der Waals surface area contributed by atoms with Gasteiger partial charge >= 0.3 is 0 Å². The Hall–Kier alpha value is -0.510. The van der Waals surface area contributed by atoms with Gasteiger partial charge in [-0.2, -0.15) is 12.6 Å². The quantitative estimate of drug-likeness (QED) is 0.540. The molecule has 1 rings (SSSR count). The monoisotopic (exact) mass is 217 g/mol. The number of hydrogen-bond donors (Lipinski definition) is 2. The number of hydrogen-bond acceptors (Lipinski definition) is 2. The van der Waals surface area contributed by atoms with Gasteiger partial charge in [-0.1, -0.05) is 0 Å². The molecule has 0 heterocycles. The van der Waals surface area contributed by atoms with Gasteiger partial charge in [0.25, 0.3) is 5.91 Å². The molecule has 0 unspecified atom stereocenters. The van der Waals surface area contributed by atoms with Crippen molar-refractivity contribution in [3.05, 3.63) is 11.4 Å². The molecule has 14 heavy (non-hydrogen) atoms. The molecule has 4 heteroatoms. The summed E-state index contributed by atoms with van der Waals surface area (Å²) < 4.78 is 13.3. The molecular formula is C10H16FNOS. The maximum atomic E-state index is 13.3. The fraction of sp³-hybridized carbons (Fsp3) is 0.700. The molecule has 1 amide bonds. The summed E-state index contributed by atoms with van der Waals surface area (Å²) in [5, 5.41) is 2.65. The summed E-state index contributed by atoms with van der Waals surface area (Å²) in [7, 11) is 0. The average Bonchev–Trinajstić information content (AvgIpc) is 2.01. The highest BCUT2D eigenvalue weighted by Crippen LogP contribution is 2.26. The summed E-state index contributed by atoms with van der Waals surface area (Å²) in [4.78, 5) is 11.0. The Labute approximate surface area is 89.4 Å². The third kappa shape index (κ3) is 3.33. The third-order valence-corrected chi connectivity index (χ3v) is 2.21. The molecule has 0 spiro atoms. The van der Waals surface area contributed by atoms with Crippen molar-refractivity contribution in [3.63, 3.8) is 0 Å². The second-order valence-corrected chi connectivity index (χ2v) is 5.22. The Morgan fingerprint density at radius 3 is 2.50 bits per heavy atom. The molecule has 0 fully saturated rings. The standard InChI is InChI=1S/C10H16FNOS/c1-10(2,14)12-9(13)7-5-3-4-6-8(7)11/h14H,3-6H2,1-2H3,(H,12,13). The van der Waals surface area contributed by atoms with Crippen LogP contribution in [0.2, 0.25) is 0 Å². The molecule has 0 bridgehead atoms. The number of allylic oxidation sites excluding steroid dienone is 1. The van der Waals surface area contributed by atoms with Crippen molar-refractivity contribution in [2.45, 2.75) is 44.4 Å². The van der Waals surface area contributed by atoms with E-state index >= 15 is 0 Å². The van der Waals surface area contributed by atoms with E-state index in [4.69, 9.17) is 0 Å². The first-order chi connectivity index (χ1) is 6.40. The first-order valence-electron chi connectivity index (χ1n) is 4.82. The van der Waals surface area contributed by atoms with Gasteiger partial charge in [-0.25, -0.2) is 4.39 Å². The Morgan fingerprint density at radius 2 is 2.00 bits per heavy atom. The van der Waals surface area contributed by atoms with E-state index in [1.807, 2.05) is 0 Å². The number of amides is 1. The molecule has 0 saturated carbocycles. The van der Waals surface area contributed by atoms with Gasteiger partial charge in [-0.05, 0) is 39.5 Å². The molecule has 1 aliphatic rings. The summed E-state index contributed by atoms with van der Waals surface area (Å²) in [6.45, 7) is 3.52. The predicted molar refractivity (Wildman–Crippen MR) is 57.8 cm³/mol. The van der Waals surface area contributed by atoms with Crippen molar-refractivity contribution in [2.75, 3.05) is 0 Å². The van der Waals surface area contributed by atoms with Crippen molar-refractivity contribution >= 4 is 18.5 Å². The minimum Gasteiger partial charge on any atom is -0.339 e. The first-order valence-corrected chi connectivity index (χ1v) is 5.27. The number of carbonyl (C=O) groups excluding carboxylic acids is 1. The van der Waals surface area contributed by atoms with E-state index < -0.39 is 4.87 Å². The molecule has 0 aliphatic heterocycles. The minimum atomic E-state index is -0.595. The van der Waals surface area contributed by atoms with Crippen LogP contribution in [0.3, 0.4) is 0 Å². The van der Waals surface area contributed by atoms with Crippen LogP contribution >= 0.6 is 12.6 Å². The number of thiol groups is 1. The van der Waals surface area contributed by atoms with Crippen LogP contribution in [0.25, 0.3) is 0 Å². The lowest BCUT2D eigenvalue weighted by molar-refractivity contribution is -0.118. The minimum absolute atomic E-state index is 0.258. The topological polar surface area (TPSA) is 29.1 Å². The molecule has 80 valence electrons. The molecular weight excluding hydrogens is 201 g/mol. The van der Waals surface area contributed by atoms with Crippen LogP contribution in [0, 0.1) is 0 Å². The van der Waals surface area contributed by atoms with E-state index in [1.54, 1.807) is 13.8 Å². The van der Waals surface area contributed by atoms with Crippen molar-refractivity contribution < 1.29 is 9.18 Å². The van der Waals surface area contributed by atoms with Gasteiger partial charge in [0.15, 0.2) is 0 Å². The van der Waals surface area contributed by atoms with Gasteiger partial charge in [0.1, 0.15) is 5.83 Å². The Bertz CT molecular complexity index is 268. The van der Waals surface area contributed by atoms with E-state index in [-0.39, 0.29) is 11.7 Å². The number of nitrogens with one attached hydrogen (secondary N) is 1. The van der Waals surface area contributed by atoms with E-state index in [0.717, 1.165) is 12.8 Å². The number of halogens is 1. The lowest BCUT2D eigenvalue weighted by atomic mass is 9.97. The molecule has 0 aromatic carbocycles. The van der Waals surface area contributed by atoms with Crippen LogP contribution in [-0.4, -0.2) is 10.8 Å². The second kappa shape index (κ2) is 4.34. The van der Waals surface area contributed by atoms with Gasteiger partial charge in [-0.3, -0.25) is 4.79 Å². The average molecular weight is 217 g/mol. The van der Waals surface area contributed by atoms with Crippen molar-refractivity contribution in [1.82, 2.24) is 5.32 Å². The summed E-state index contributed by atoms with van der Waals surface area (Å²) in [6, 6.07) is 0. The van der Waals surface area contributed by atoms with Crippen LogP contribution in [0.1, 0.15) is 39.5 Å². The Kier molecular flexibility index (Phi) is 3.59. The highest BCUT2D eigenvalue weighted by Gasteiger charge is 2.22. The SMILES string of the molecule is CC(C)(S)NC(=O)C1=C(F)CCCC1. The number of rotatable bonds is 2. The maximum absolute atomic E-state index is 13.3. The summed E-state index contributed by atoms with van der Waals surface area (Å²) in [5.41, 5.74) is 0.304. The largest absolute Gasteiger partial charge is 0.339 e. The van der Waals surface area contributed by atoms with Crippen molar-refractivity contribution in [3.8, 4) is 0 Å². The van der Waals surface area contributed by atoms with Crippen molar-refractivity contribution in [1.29, 1.82) is 0 Å². The molecule has 0 radical (unpaired) electrons. The fourth-order valence-electron chi connectivity index (χ4n) is 1.46. The summed E-state index contributed by atoms with van der Waals surface area (Å²) in [5.74, 6) is -0.575. The molecule has 0 aromatic heterocycles. The Balaban J connectivity index is 2.69. The number of carbonyl (C=O) groups is 1. The van der Waals surface area contributed by atoms with Gasteiger partial charge in [-0.15, -0.1) is 0 Å². The molecule has 1 aliphatic carbocycles. The van der Waals surface area contributed by atoms with Gasteiger partial charge in [0, 0.05) is 5.57 Å². The van der Waals surface area contributed by atoms with E-state index in [1.165, 1.54) is 0 Å². The van der Waals surface area contributed by atoms with Gasteiger partial charge in [0.2, 0.25) is 0 Å². The normalized spacial score (nSPS) is 18.3. The van der Waals surface area contributed by atoms with Gasteiger partial charge in [0.05, 0.1) is 4.87 Å². The fourth-order valence-corrected chi connectivity index (χ4v) is 1.56. The third-order valence-electron chi connectivity index (χ3n) is 2.09. The smallest absolute Gasteiger partial charge is 0.250 e. The van der Waals surface area contributed by atoms with E-state index in [2.05, 4.69) is 17.9 Å². The zero-order valence-electron chi connectivity index (χ0n) is 8.56. The Morgan fingerprint density at radius 1 is 1.43 bits per heavy atom. The van der Waals surface area contributed by atoms with Crippen LogP contribution in [0.15, 0.2) is 11.4 Å². The summed E-state index contributed by atoms with van der Waals surface area (Å²) >= 11 is 4.17. The molecule has 1 N–H and O–H groups in total. The van der Waals surface area contributed by atoms with E-state index in [9.17, 15) is 9.18 Å². The van der Waals surface area contributed by atoms with E-state index in [0.29, 0.717) is 18.4 Å². The van der Waals surface area contributed by atoms with Crippen molar-refractivity contribution in [2.24, 2.45) is 0 Å². The zero-order chi connectivity index (χ0) is 10.8. The highest BCUT2D eigenvalue weighted by molar-refractivity contribution is 7.81. The molecule has 0 aromatic rings. The lowest BCUT2D eigenvalue weighted by Crippen LogP contribution is -2.40. The molecule has 2 nitrogen and oxygen atoms in total. The molecule has 0 atom stereocenters. The summed E-state index contributed by atoms with van der Waals surface area (Å²) in [6.07, 6.45) is 2.67. The predicted octanol–water partition coefficient (Wildman–Crippen LogP) is 2.57.